The quantitative estimate of drug-likeness (QED) is 0.668. The fourth-order valence-electron chi connectivity index (χ4n) is 1.70. The Balaban J connectivity index is 2.23. The molecular formula is C12H11ClN4O3. The topological polar surface area (TPSA) is 101 Å². The molecule has 0 saturated carbocycles. The number of hydrogen-bond acceptors (Lipinski definition) is 4. The number of aromatic nitrogens is 2. The normalized spacial score (nSPS) is 11.9. The number of nitro groups is 1. The van der Waals surface area contributed by atoms with Gasteiger partial charge in [0.05, 0.1) is 11.0 Å². The van der Waals surface area contributed by atoms with E-state index in [0.717, 1.165) is 6.07 Å². The van der Waals surface area contributed by atoms with E-state index in [-0.39, 0.29) is 16.3 Å². The predicted octanol–water partition coefficient (Wildman–Crippen LogP) is 2.46. The Morgan fingerprint density at radius 3 is 2.90 bits per heavy atom. The zero-order valence-corrected chi connectivity index (χ0v) is 11.2. The van der Waals surface area contributed by atoms with Crippen LogP contribution in [0.25, 0.3) is 0 Å². The van der Waals surface area contributed by atoms with E-state index in [9.17, 15) is 14.9 Å². The summed E-state index contributed by atoms with van der Waals surface area (Å²) in [6, 6.07) is 3.51. The van der Waals surface area contributed by atoms with Crippen molar-refractivity contribution in [3.63, 3.8) is 0 Å². The fourth-order valence-corrected chi connectivity index (χ4v) is 1.87. The number of rotatable bonds is 4. The van der Waals surface area contributed by atoms with Crippen molar-refractivity contribution < 1.29 is 9.72 Å². The van der Waals surface area contributed by atoms with Crippen LogP contribution in [-0.4, -0.2) is 20.8 Å². The van der Waals surface area contributed by atoms with Gasteiger partial charge in [0.15, 0.2) is 0 Å². The molecule has 0 aliphatic heterocycles. The number of H-pyrrole nitrogens is 1. The van der Waals surface area contributed by atoms with Crippen LogP contribution in [-0.2, 0) is 0 Å². The zero-order valence-electron chi connectivity index (χ0n) is 10.5. The van der Waals surface area contributed by atoms with Gasteiger partial charge < -0.3 is 10.3 Å². The number of nitro benzene ring substituents is 1. The van der Waals surface area contributed by atoms with E-state index in [1.807, 2.05) is 0 Å². The monoisotopic (exact) mass is 294 g/mol. The van der Waals surface area contributed by atoms with Gasteiger partial charge in [-0.15, -0.1) is 0 Å². The standard InChI is InChI=1S/C12H11ClN4O3/c1-7(11-14-4-5-15-11)16-12(18)9-3-2-8(13)6-10(9)17(19)20/h2-7H,1H3,(H,14,15)(H,16,18). The molecule has 0 saturated heterocycles. The van der Waals surface area contributed by atoms with Crippen LogP contribution >= 0.6 is 11.6 Å². The zero-order chi connectivity index (χ0) is 14.7. The molecule has 2 rings (SSSR count). The molecule has 0 aliphatic carbocycles. The van der Waals surface area contributed by atoms with Crippen LogP contribution in [0.2, 0.25) is 5.02 Å². The number of amides is 1. The first kappa shape index (κ1) is 14.0. The second-order valence-electron chi connectivity index (χ2n) is 4.09. The van der Waals surface area contributed by atoms with E-state index in [1.54, 1.807) is 19.3 Å². The Kier molecular flexibility index (Phi) is 3.99. The molecule has 0 fully saturated rings. The van der Waals surface area contributed by atoms with Gasteiger partial charge in [-0.1, -0.05) is 11.6 Å². The predicted molar refractivity (Wildman–Crippen MR) is 72.6 cm³/mol. The number of aromatic amines is 1. The lowest BCUT2D eigenvalue weighted by molar-refractivity contribution is -0.385. The molecule has 7 nitrogen and oxygen atoms in total. The van der Waals surface area contributed by atoms with E-state index >= 15 is 0 Å². The van der Waals surface area contributed by atoms with E-state index in [0.29, 0.717) is 5.82 Å². The molecule has 0 bridgehead atoms. The fraction of sp³-hybridized carbons (Fsp3) is 0.167. The summed E-state index contributed by atoms with van der Waals surface area (Å²) in [6.07, 6.45) is 3.19. The maximum Gasteiger partial charge on any atom is 0.283 e. The van der Waals surface area contributed by atoms with Crippen LogP contribution in [0.15, 0.2) is 30.6 Å². The second-order valence-corrected chi connectivity index (χ2v) is 4.52. The summed E-state index contributed by atoms with van der Waals surface area (Å²) in [5, 5.41) is 13.8. The van der Waals surface area contributed by atoms with Gasteiger partial charge in [0.1, 0.15) is 11.4 Å². The lowest BCUT2D eigenvalue weighted by Gasteiger charge is -2.11. The molecule has 1 heterocycles. The van der Waals surface area contributed by atoms with Gasteiger partial charge in [-0.2, -0.15) is 0 Å². The summed E-state index contributed by atoms with van der Waals surface area (Å²) < 4.78 is 0. The highest BCUT2D eigenvalue weighted by Gasteiger charge is 2.22. The van der Waals surface area contributed by atoms with E-state index in [4.69, 9.17) is 11.6 Å². The molecule has 1 aromatic carbocycles. The Morgan fingerprint density at radius 1 is 1.55 bits per heavy atom. The average Bonchev–Trinajstić information content (AvgIpc) is 2.92. The second kappa shape index (κ2) is 5.70. The molecule has 0 spiro atoms. The number of carbonyl (C=O) groups is 1. The van der Waals surface area contributed by atoms with Crippen molar-refractivity contribution in [1.29, 1.82) is 0 Å². The molecule has 2 N–H and O–H groups in total. The maximum absolute atomic E-state index is 12.1. The van der Waals surface area contributed by atoms with E-state index in [1.165, 1.54) is 12.1 Å². The van der Waals surface area contributed by atoms with Gasteiger partial charge in [0.25, 0.3) is 11.6 Å². The molecule has 1 amide bonds. The van der Waals surface area contributed by atoms with Crippen LogP contribution in [0.1, 0.15) is 29.1 Å². The summed E-state index contributed by atoms with van der Waals surface area (Å²) in [4.78, 5) is 29.3. The SMILES string of the molecule is CC(NC(=O)c1ccc(Cl)cc1[N+](=O)[O-])c1ncc[nH]1. The minimum absolute atomic E-state index is 0.0437. The molecule has 1 atom stereocenters. The molecule has 1 aromatic heterocycles. The number of halogens is 1. The van der Waals surface area contributed by atoms with Crippen LogP contribution in [0.4, 0.5) is 5.69 Å². The number of hydrogen-bond donors (Lipinski definition) is 2. The summed E-state index contributed by atoms with van der Waals surface area (Å²) in [5.74, 6) is 0.00670. The highest BCUT2D eigenvalue weighted by Crippen LogP contribution is 2.23. The van der Waals surface area contributed by atoms with Gasteiger partial charge in [-0.25, -0.2) is 4.98 Å². The van der Waals surface area contributed by atoms with Gasteiger partial charge >= 0.3 is 0 Å². The van der Waals surface area contributed by atoms with Crippen molar-refractivity contribution in [2.24, 2.45) is 0 Å². The summed E-state index contributed by atoms with van der Waals surface area (Å²) in [5.41, 5.74) is -0.376. The highest BCUT2D eigenvalue weighted by atomic mass is 35.5. The number of benzene rings is 1. The van der Waals surface area contributed by atoms with Gasteiger partial charge in [-0.05, 0) is 19.1 Å². The molecular weight excluding hydrogens is 284 g/mol. The third-order valence-corrected chi connectivity index (χ3v) is 2.91. The van der Waals surface area contributed by atoms with E-state index in [2.05, 4.69) is 15.3 Å². The number of carbonyl (C=O) groups excluding carboxylic acids is 1. The minimum atomic E-state index is -0.641. The molecule has 8 heteroatoms. The average molecular weight is 295 g/mol. The largest absolute Gasteiger partial charge is 0.347 e. The Hall–Kier alpha value is -2.41. The first-order valence-electron chi connectivity index (χ1n) is 5.73. The minimum Gasteiger partial charge on any atom is -0.347 e. The van der Waals surface area contributed by atoms with Crippen LogP contribution in [0.3, 0.4) is 0 Å². The molecule has 1 unspecified atom stereocenters. The molecule has 0 radical (unpaired) electrons. The summed E-state index contributed by atoms with van der Waals surface area (Å²) in [7, 11) is 0. The number of nitrogens with one attached hydrogen (secondary N) is 2. The molecule has 104 valence electrons. The van der Waals surface area contributed by atoms with Crippen LogP contribution in [0, 0.1) is 10.1 Å². The van der Waals surface area contributed by atoms with Crippen molar-refractivity contribution >= 4 is 23.2 Å². The molecule has 20 heavy (non-hydrogen) atoms. The Bertz CT molecular complexity index is 642. The number of nitrogens with zero attached hydrogens (tertiary/aromatic N) is 2. The van der Waals surface area contributed by atoms with Crippen molar-refractivity contribution in [2.75, 3.05) is 0 Å². The number of imidazole rings is 1. The lowest BCUT2D eigenvalue weighted by Crippen LogP contribution is -2.28. The van der Waals surface area contributed by atoms with Gasteiger partial charge in [0, 0.05) is 23.5 Å². The summed E-state index contributed by atoms with van der Waals surface area (Å²) >= 11 is 5.70. The Labute approximate surface area is 119 Å². The maximum atomic E-state index is 12.1. The van der Waals surface area contributed by atoms with Crippen molar-refractivity contribution in [2.45, 2.75) is 13.0 Å². The van der Waals surface area contributed by atoms with Gasteiger partial charge in [-0.3, -0.25) is 14.9 Å². The van der Waals surface area contributed by atoms with E-state index < -0.39 is 16.9 Å². The van der Waals surface area contributed by atoms with Crippen molar-refractivity contribution in [3.8, 4) is 0 Å². The van der Waals surface area contributed by atoms with Crippen molar-refractivity contribution in [3.05, 3.63) is 57.1 Å². The molecule has 2 aromatic rings. The Morgan fingerprint density at radius 2 is 2.30 bits per heavy atom. The first-order chi connectivity index (χ1) is 9.49. The van der Waals surface area contributed by atoms with Gasteiger partial charge in [0.2, 0.25) is 0 Å². The highest BCUT2D eigenvalue weighted by molar-refractivity contribution is 6.31. The first-order valence-corrected chi connectivity index (χ1v) is 6.11. The third kappa shape index (κ3) is 2.94. The third-order valence-electron chi connectivity index (χ3n) is 2.68. The van der Waals surface area contributed by atoms with Crippen molar-refractivity contribution in [1.82, 2.24) is 15.3 Å². The molecule has 0 aliphatic rings. The van der Waals surface area contributed by atoms with Crippen LogP contribution < -0.4 is 5.32 Å². The summed E-state index contributed by atoms with van der Waals surface area (Å²) in [6.45, 7) is 1.72. The smallest absolute Gasteiger partial charge is 0.283 e. The lowest BCUT2D eigenvalue weighted by atomic mass is 10.1. The van der Waals surface area contributed by atoms with Crippen LogP contribution in [0.5, 0.6) is 0 Å².